The standard InChI is InChI=1S/C12H7ClO3S/c13-8-3-1-2-7-10(8)16-5-6-4-9(12(14)15)17-11(6)7/h1-4H,5H2,(H,14,15). The Morgan fingerprint density at radius 3 is 3.06 bits per heavy atom. The number of carboxylic acid groups (broad SMARTS) is 1. The molecule has 2 heterocycles. The van der Waals surface area contributed by atoms with Crippen molar-refractivity contribution in [3.63, 3.8) is 0 Å². The molecule has 0 bridgehead atoms. The number of ether oxygens (including phenoxy) is 1. The molecule has 1 aromatic carbocycles. The van der Waals surface area contributed by atoms with Crippen LogP contribution in [-0.2, 0) is 6.61 Å². The summed E-state index contributed by atoms with van der Waals surface area (Å²) in [5, 5.41) is 9.53. The molecule has 1 aliphatic rings. The highest BCUT2D eigenvalue weighted by Crippen LogP contribution is 2.45. The van der Waals surface area contributed by atoms with Gasteiger partial charge in [0.2, 0.25) is 0 Å². The molecule has 86 valence electrons. The van der Waals surface area contributed by atoms with E-state index in [4.69, 9.17) is 21.4 Å². The Bertz CT molecular complexity index is 618. The lowest BCUT2D eigenvalue weighted by Gasteiger charge is -2.18. The summed E-state index contributed by atoms with van der Waals surface area (Å²) in [6.07, 6.45) is 0. The van der Waals surface area contributed by atoms with Gasteiger partial charge in [0.05, 0.1) is 5.02 Å². The Hall–Kier alpha value is -1.52. The number of para-hydroxylation sites is 1. The zero-order valence-electron chi connectivity index (χ0n) is 8.57. The molecule has 1 aliphatic heterocycles. The minimum Gasteiger partial charge on any atom is -0.487 e. The van der Waals surface area contributed by atoms with Crippen LogP contribution in [0.2, 0.25) is 5.02 Å². The van der Waals surface area contributed by atoms with Gasteiger partial charge in [0, 0.05) is 16.0 Å². The highest BCUT2D eigenvalue weighted by molar-refractivity contribution is 7.17. The summed E-state index contributed by atoms with van der Waals surface area (Å²) in [6, 6.07) is 7.14. The quantitative estimate of drug-likeness (QED) is 0.857. The highest BCUT2D eigenvalue weighted by Gasteiger charge is 2.23. The number of benzene rings is 1. The minimum absolute atomic E-state index is 0.325. The second-order valence-corrected chi connectivity index (χ2v) is 5.13. The first-order valence-electron chi connectivity index (χ1n) is 4.94. The average Bonchev–Trinajstić information content (AvgIpc) is 2.73. The summed E-state index contributed by atoms with van der Waals surface area (Å²) >= 11 is 7.30. The van der Waals surface area contributed by atoms with E-state index in [1.807, 2.05) is 12.1 Å². The number of carboxylic acids is 1. The molecule has 0 radical (unpaired) electrons. The summed E-state index contributed by atoms with van der Waals surface area (Å²) in [4.78, 5) is 12.2. The molecular weight excluding hydrogens is 260 g/mol. The molecule has 0 amide bonds. The molecule has 3 rings (SSSR count). The van der Waals surface area contributed by atoms with Crippen molar-refractivity contribution in [2.75, 3.05) is 0 Å². The second kappa shape index (κ2) is 3.75. The lowest BCUT2D eigenvalue weighted by molar-refractivity contribution is 0.0702. The Labute approximate surface area is 106 Å². The summed E-state index contributed by atoms with van der Waals surface area (Å²) in [7, 11) is 0. The lowest BCUT2D eigenvalue weighted by atomic mass is 10.1. The number of hydrogen-bond acceptors (Lipinski definition) is 3. The van der Waals surface area contributed by atoms with Gasteiger partial charge in [-0.2, -0.15) is 0 Å². The van der Waals surface area contributed by atoms with Crippen LogP contribution >= 0.6 is 22.9 Å². The maximum Gasteiger partial charge on any atom is 0.345 e. The van der Waals surface area contributed by atoms with Crippen molar-refractivity contribution >= 4 is 28.9 Å². The first-order valence-corrected chi connectivity index (χ1v) is 6.14. The Balaban J connectivity index is 2.22. The SMILES string of the molecule is O=C(O)c1cc2c(s1)-c1cccc(Cl)c1OC2. The fraction of sp³-hybridized carbons (Fsp3) is 0.0833. The highest BCUT2D eigenvalue weighted by atomic mass is 35.5. The summed E-state index contributed by atoms with van der Waals surface area (Å²) < 4.78 is 5.56. The average molecular weight is 267 g/mol. The van der Waals surface area contributed by atoms with Crippen molar-refractivity contribution in [3.05, 3.63) is 39.7 Å². The molecular formula is C12H7ClO3S. The van der Waals surface area contributed by atoms with Gasteiger partial charge in [-0.1, -0.05) is 17.7 Å². The zero-order chi connectivity index (χ0) is 12.0. The van der Waals surface area contributed by atoms with Gasteiger partial charge in [-0.05, 0) is 18.2 Å². The van der Waals surface area contributed by atoms with Crippen LogP contribution in [0.5, 0.6) is 5.75 Å². The minimum atomic E-state index is -0.909. The topological polar surface area (TPSA) is 46.5 Å². The maximum absolute atomic E-state index is 10.9. The monoisotopic (exact) mass is 266 g/mol. The van der Waals surface area contributed by atoms with Crippen molar-refractivity contribution in [2.45, 2.75) is 6.61 Å². The first kappa shape index (κ1) is 10.6. The second-order valence-electron chi connectivity index (χ2n) is 3.68. The van der Waals surface area contributed by atoms with Crippen molar-refractivity contribution in [3.8, 4) is 16.2 Å². The fourth-order valence-electron chi connectivity index (χ4n) is 1.85. The third-order valence-electron chi connectivity index (χ3n) is 2.60. The van der Waals surface area contributed by atoms with Gasteiger partial charge in [0.1, 0.15) is 17.2 Å². The van der Waals surface area contributed by atoms with Gasteiger partial charge < -0.3 is 9.84 Å². The molecule has 3 nitrogen and oxygen atoms in total. The number of halogens is 1. The lowest BCUT2D eigenvalue weighted by Crippen LogP contribution is -2.03. The van der Waals surface area contributed by atoms with Gasteiger partial charge in [-0.25, -0.2) is 4.79 Å². The van der Waals surface area contributed by atoms with Gasteiger partial charge in [-0.15, -0.1) is 11.3 Å². The van der Waals surface area contributed by atoms with Gasteiger partial charge >= 0.3 is 5.97 Å². The van der Waals surface area contributed by atoms with E-state index in [1.165, 1.54) is 11.3 Å². The fourth-order valence-corrected chi connectivity index (χ4v) is 3.11. The van der Waals surface area contributed by atoms with Crippen LogP contribution < -0.4 is 4.74 Å². The number of rotatable bonds is 1. The number of carbonyl (C=O) groups is 1. The molecule has 0 atom stereocenters. The first-order chi connectivity index (χ1) is 8.16. The summed E-state index contributed by atoms with van der Waals surface area (Å²) in [5.74, 6) is -0.270. The van der Waals surface area contributed by atoms with Gasteiger partial charge in [-0.3, -0.25) is 0 Å². The van der Waals surface area contributed by atoms with E-state index >= 15 is 0 Å². The molecule has 0 saturated heterocycles. The molecule has 1 N–H and O–H groups in total. The van der Waals surface area contributed by atoms with Crippen LogP contribution in [0.15, 0.2) is 24.3 Å². The van der Waals surface area contributed by atoms with E-state index in [-0.39, 0.29) is 0 Å². The van der Waals surface area contributed by atoms with Crippen LogP contribution in [0.25, 0.3) is 10.4 Å². The smallest absolute Gasteiger partial charge is 0.345 e. The van der Waals surface area contributed by atoms with E-state index in [0.29, 0.717) is 22.3 Å². The third kappa shape index (κ3) is 1.61. The van der Waals surface area contributed by atoms with Crippen molar-refractivity contribution < 1.29 is 14.6 Å². The Kier molecular flexibility index (Phi) is 2.34. The van der Waals surface area contributed by atoms with Crippen LogP contribution in [0.4, 0.5) is 0 Å². The van der Waals surface area contributed by atoms with Crippen LogP contribution in [0.3, 0.4) is 0 Å². The van der Waals surface area contributed by atoms with Crippen molar-refractivity contribution in [1.29, 1.82) is 0 Å². The van der Waals surface area contributed by atoms with E-state index in [2.05, 4.69) is 0 Å². The normalized spacial score (nSPS) is 12.5. The van der Waals surface area contributed by atoms with E-state index in [9.17, 15) is 4.79 Å². The van der Waals surface area contributed by atoms with Crippen LogP contribution in [-0.4, -0.2) is 11.1 Å². The summed E-state index contributed by atoms with van der Waals surface area (Å²) in [5.41, 5.74) is 1.78. The summed E-state index contributed by atoms with van der Waals surface area (Å²) in [6.45, 7) is 0.371. The largest absolute Gasteiger partial charge is 0.487 e. The van der Waals surface area contributed by atoms with E-state index < -0.39 is 5.97 Å². The molecule has 0 saturated carbocycles. The van der Waals surface area contributed by atoms with Crippen molar-refractivity contribution in [1.82, 2.24) is 0 Å². The number of thiophene rings is 1. The number of hydrogen-bond donors (Lipinski definition) is 1. The molecule has 17 heavy (non-hydrogen) atoms. The van der Waals surface area contributed by atoms with Crippen LogP contribution in [0, 0.1) is 0 Å². The molecule has 2 aromatic rings. The number of aromatic carboxylic acids is 1. The predicted molar refractivity (Wildman–Crippen MR) is 66.1 cm³/mol. The van der Waals surface area contributed by atoms with Crippen molar-refractivity contribution in [2.24, 2.45) is 0 Å². The molecule has 0 aliphatic carbocycles. The molecule has 0 fully saturated rings. The molecule has 1 aromatic heterocycles. The van der Waals surface area contributed by atoms with Gasteiger partial charge in [0.15, 0.2) is 0 Å². The van der Waals surface area contributed by atoms with E-state index in [1.54, 1.807) is 12.1 Å². The third-order valence-corrected chi connectivity index (χ3v) is 4.10. The predicted octanol–water partition coefficient (Wildman–Crippen LogP) is 3.66. The maximum atomic E-state index is 10.9. The molecule has 5 heteroatoms. The zero-order valence-corrected chi connectivity index (χ0v) is 10.1. The number of fused-ring (bicyclic) bond motifs is 3. The van der Waals surface area contributed by atoms with Gasteiger partial charge in [0.25, 0.3) is 0 Å². The van der Waals surface area contributed by atoms with Crippen LogP contribution in [0.1, 0.15) is 15.2 Å². The Morgan fingerprint density at radius 2 is 2.29 bits per heavy atom. The molecule has 0 unspecified atom stereocenters. The Morgan fingerprint density at radius 1 is 1.47 bits per heavy atom. The van der Waals surface area contributed by atoms with E-state index in [0.717, 1.165) is 16.0 Å². The molecule has 0 spiro atoms.